The van der Waals surface area contributed by atoms with E-state index in [0.29, 0.717) is 18.9 Å². The van der Waals surface area contributed by atoms with Gasteiger partial charge in [-0.05, 0) is 12.1 Å². The van der Waals surface area contributed by atoms with Gasteiger partial charge in [0.25, 0.3) is 0 Å². The predicted molar refractivity (Wildman–Crippen MR) is 70.6 cm³/mol. The Kier molecular flexibility index (Phi) is 3.09. The zero-order valence-corrected chi connectivity index (χ0v) is 11.1. The van der Waals surface area contributed by atoms with Gasteiger partial charge in [-0.1, -0.05) is 6.07 Å². The van der Waals surface area contributed by atoms with Crippen LogP contribution < -0.4 is 5.32 Å². The van der Waals surface area contributed by atoms with Crippen LogP contribution in [0.25, 0.3) is 5.65 Å². The van der Waals surface area contributed by atoms with E-state index in [1.165, 1.54) is 0 Å². The molecule has 0 saturated carbocycles. The minimum absolute atomic E-state index is 0.0121. The third-order valence-electron chi connectivity index (χ3n) is 3.52. The first-order chi connectivity index (χ1) is 9.65. The first-order valence-electron chi connectivity index (χ1n) is 6.45. The maximum atomic E-state index is 12.0. The quantitative estimate of drug-likeness (QED) is 0.841. The van der Waals surface area contributed by atoms with Crippen LogP contribution in [0.1, 0.15) is 12.2 Å². The highest BCUT2D eigenvalue weighted by molar-refractivity contribution is 5.89. The molecule has 0 radical (unpaired) electrons. The van der Waals surface area contributed by atoms with Crippen LogP contribution in [0, 0.1) is 5.92 Å². The summed E-state index contributed by atoms with van der Waals surface area (Å²) in [5, 5.41) is 10.9. The van der Waals surface area contributed by atoms with Crippen molar-refractivity contribution >= 4 is 17.5 Å². The molecule has 3 heterocycles. The molecule has 2 aromatic heterocycles. The molecule has 7 heteroatoms. The number of rotatable bonds is 3. The summed E-state index contributed by atoms with van der Waals surface area (Å²) in [5.41, 5.74) is 0.743. The SMILES string of the molecule is CN1C[C@@H](C(=O)NCc2nnc3ccccn23)CC1=O. The normalized spacial score (nSPS) is 18.8. The monoisotopic (exact) mass is 273 g/mol. The van der Waals surface area contributed by atoms with Crippen molar-refractivity contribution in [3.05, 3.63) is 30.2 Å². The number of nitrogens with one attached hydrogen (secondary N) is 1. The molecule has 1 aliphatic heterocycles. The van der Waals surface area contributed by atoms with Crippen LogP contribution in [-0.2, 0) is 16.1 Å². The van der Waals surface area contributed by atoms with Gasteiger partial charge in [0, 0.05) is 26.2 Å². The molecule has 1 saturated heterocycles. The summed E-state index contributed by atoms with van der Waals surface area (Å²) < 4.78 is 1.83. The summed E-state index contributed by atoms with van der Waals surface area (Å²) in [5.74, 6) is 0.298. The molecule has 20 heavy (non-hydrogen) atoms. The molecule has 2 aromatic rings. The second kappa shape index (κ2) is 4.92. The van der Waals surface area contributed by atoms with Gasteiger partial charge in [0.05, 0.1) is 12.5 Å². The summed E-state index contributed by atoms with van der Waals surface area (Å²) in [6.07, 6.45) is 2.13. The van der Waals surface area contributed by atoms with Crippen LogP contribution in [0.2, 0.25) is 0 Å². The Labute approximate surface area is 115 Å². The summed E-state index contributed by atoms with van der Waals surface area (Å²) in [7, 11) is 1.71. The molecule has 3 rings (SSSR count). The molecule has 0 aromatic carbocycles. The molecule has 1 N–H and O–H groups in total. The van der Waals surface area contributed by atoms with Crippen molar-refractivity contribution in [2.24, 2.45) is 5.92 Å². The third kappa shape index (κ3) is 2.22. The van der Waals surface area contributed by atoms with Gasteiger partial charge >= 0.3 is 0 Å². The molecule has 2 amide bonds. The lowest BCUT2D eigenvalue weighted by atomic mass is 10.1. The Morgan fingerprint density at radius 3 is 3.05 bits per heavy atom. The zero-order valence-electron chi connectivity index (χ0n) is 11.1. The standard InChI is InChI=1S/C13H15N5O2/c1-17-8-9(6-12(17)19)13(20)14-7-11-16-15-10-4-2-3-5-18(10)11/h2-5,9H,6-8H2,1H3,(H,14,20)/t9-/m0/s1. The molecule has 1 atom stereocenters. The van der Waals surface area contributed by atoms with E-state index in [1.807, 2.05) is 28.8 Å². The van der Waals surface area contributed by atoms with Crippen LogP contribution in [-0.4, -0.2) is 44.9 Å². The molecule has 0 aliphatic carbocycles. The Hall–Kier alpha value is -2.44. The molecular formula is C13H15N5O2. The highest BCUT2D eigenvalue weighted by Gasteiger charge is 2.31. The van der Waals surface area contributed by atoms with Gasteiger partial charge in [-0.15, -0.1) is 10.2 Å². The highest BCUT2D eigenvalue weighted by Crippen LogP contribution is 2.16. The number of likely N-dealkylation sites (tertiary alicyclic amines) is 1. The van der Waals surface area contributed by atoms with Crippen molar-refractivity contribution in [3.8, 4) is 0 Å². The van der Waals surface area contributed by atoms with Gasteiger partial charge in [-0.2, -0.15) is 0 Å². The first kappa shape index (κ1) is 12.6. The van der Waals surface area contributed by atoms with Crippen LogP contribution in [0.15, 0.2) is 24.4 Å². The minimum Gasteiger partial charge on any atom is -0.348 e. The minimum atomic E-state index is -0.272. The predicted octanol–water partition coefficient (Wildman–Crippen LogP) is -0.176. The second-order valence-electron chi connectivity index (χ2n) is 4.94. The molecular weight excluding hydrogens is 258 g/mol. The molecule has 104 valence electrons. The van der Waals surface area contributed by atoms with Crippen LogP contribution >= 0.6 is 0 Å². The summed E-state index contributed by atoms with van der Waals surface area (Å²) in [4.78, 5) is 25.0. The van der Waals surface area contributed by atoms with Crippen molar-refractivity contribution in [2.45, 2.75) is 13.0 Å². The van der Waals surface area contributed by atoms with Gasteiger partial charge in [-0.3, -0.25) is 14.0 Å². The van der Waals surface area contributed by atoms with Crippen molar-refractivity contribution in [1.29, 1.82) is 0 Å². The number of nitrogens with zero attached hydrogens (tertiary/aromatic N) is 4. The number of pyridine rings is 1. The van der Waals surface area contributed by atoms with E-state index in [4.69, 9.17) is 0 Å². The molecule has 1 fully saturated rings. The van der Waals surface area contributed by atoms with E-state index in [1.54, 1.807) is 11.9 Å². The number of aromatic nitrogens is 3. The first-order valence-corrected chi connectivity index (χ1v) is 6.45. The van der Waals surface area contributed by atoms with E-state index in [0.717, 1.165) is 5.65 Å². The second-order valence-corrected chi connectivity index (χ2v) is 4.94. The summed E-state index contributed by atoms with van der Waals surface area (Å²) in [6, 6.07) is 5.61. The average molecular weight is 273 g/mol. The van der Waals surface area contributed by atoms with Crippen molar-refractivity contribution < 1.29 is 9.59 Å². The molecule has 0 spiro atoms. The van der Waals surface area contributed by atoms with Gasteiger partial charge in [0.2, 0.25) is 11.8 Å². The van der Waals surface area contributed by atoms with Crippen molar-refractivity contribution in [3.63, 3.8) is 0 Å². The van der Waals surface area contributed by atoms with Crippen LogP contribution in [0.3, 0.4) is 0 Å². The van der Waals surface area contributed by atoms with E-state index in [-0.39, 0.29) is 24.2 Å². The maximum Gasteiger partial charge on any atom is 0.225 e. The fraction of sp³-hybridized carbons (Fsp3) is 0.385. The highest BCUT2D eigenvalue weighted by atomic mass is 16.2. The van der Waals surface area contributed by atoms with E-state index < -0.39 is 0 Å². The number of carbonyl (C=O) groups excluding carboxylic acids is 2. The number of hydrogen-bond acceptors (Lipinski definition) is 4. The van der Waals surface area contributed by atoms with Crippen molar-refractivity contribution in [1.82, 2.24) is 24.8 Å². The van der Waals surface area contributed by atoms with Gasteiger partial charge in [0.15, 0.2) is 11.5 Å². The topological polar surface area (TPSA) is 79.6 Å². The van der Waals surface area contributed by atoms with Crippen LogP contribution in [0.5, 0.6) is 0 Å². The largest absolute Gasteiger partial charge is 0.348 e. The van der Waals surface area contributed by atoms with E-state index in [9.17, 15) is 9.59 Å². The molecule has 0 bridgehead atoms. The summed E-state index contributed by atoms with van der Waals surface area (Å²) >= 11 is 0. The summed E-state index contributed by atoms with van der Waals surface area (Å²) in [6.45, 7) is 0.781. The molecule has 7 nitrogen and oxygen atoms in total. The lowest BCUT2D eigenvalue weighted by molar-refractivity contribution is -0.128. The Morgan fingerprint density at radius 1 is 1.45 bits per heavy atom. The zero-order chi connectivity index (χ0) is 14.1. The molecule has 0 unspecified atom stereocenters. The van der Waals surface area contributed by atoms with Crippen LogP contribution in [0.4, 0.5) is 0 Å². The van der Waals surface area contributed by atoms with Gasteiger partial charge in [0.1, 0.15) is 0 Å². The Balaban J connectivity index is 1.65. The Morgan fingerprint density at radius 2 is 2.30 bits per heavy atom. The van der Waals surface area contributed by atoms with Crippen molar-refractivity contribution in [2.75, 3.05) is 13.6 Å². The lowest BCUT2D eigenvalue weighted by Gasteiger charge is -2.10. The number of carbonyl (C=O) groups is 2. The molecule has 1 aliphatic rings. The van der Waals surface area contributed by atoms with Gasteiger partial charge < -0.3 is 10.2 Å². The van der Waals surface area contributed by atoms with Gasteiger partial charge in [-0.25, -0.2) is 0 Å². The maximum absolute atomic E-state index is 12.0. The number of fused-ring (bicyclic) bond motifs is 1. The lowest BCUT2D eigenvalue weighted by Crippen LogP contribution is -2.32. The average Bonchev–Trinajstić information content (AvgIpc) is 3.01. The van der Waals surface area contributed by atoms with E-state index >= 15 is 0 Å². The smallest absolute Gasteiger partial charge is 0.225 e. The number of hydrogen-bond donors (Lipinski definition) is 1. The fourth-order valence-electron chi connectivity index (χ4n) is 2.36. The fourth-order valence-corrected chi connectivity index (χ4v) is 2.36. The number of amides is 2. The Bertz CT molecular complexity index is 666. The third-order valence-corrected chi connectivity index (χ3v) is 3.52. The van der Waals surface area contributed by atoms with E-state index in [2.05, 4.69) is 15.5 Å².